The monoisotopic (exact) mass is 531 g/mol. The fourth-order valence-corrected chi connectivity index (χ4v) is 7.12. The lowest BCUT2D eigenvalue weighted by Gasteiger charge is -2.53. The number of carbonyl (C=O) groups is 3. The minimum absolute atomic E-state index is 0.192. The molecule has 0 spiro atoms. The number of esters is 1. The molecule has 2 aromatic carbocycles. The number of pyridine rings is 1. The van der Waals surface area contributed by atoms with Gasteiger partial charge in [0.2, 0.25) is 12.3 Å². The summed E-state index contributed by atoms with van der Waals surface area (Å²) < 4.78 is 5.23. The third-order valence-electron chi connectivity index (χ3n) is 6.34. The first kappa shape index (κ1) is 25.1. The summed E-state index contributed by atoms with van der Waals surface area (Å²) in [6, 6.07) is 22.5. The SMILES string of the molecule is O=CNC1C(=O)N2CC(SC=Cc3cccnc3)(C(=O)OC(c3ccccc3)c3ccccc3)CS[C@H]12. The van der Waals surface area contributed by atoms with Gasteiger partial charge in [-0.25, -0.2) is 0 Å². The number of β-lactam (4-membered cyclic amide) rings is 1. The maximum atomic E-state index is 14.0. The average molecular weight is 532 g/mol. The Kier molecular flexibility index (Phi) is 7.62. The Morgan fingerprint density at radius 2 is 1.81 bits per heavy atom. The average Bonchev–Trinajstić information content (AvgIpc) is 2.96. The minimum Gasteiger partial charge on any atom is -0.451 e. The van der Waals surface area contributed by atoms with Crippen molar-refractivity contribution in [1.82, 2.24) is 15.2 Å². The zero-order valence-corrected chi connectivity index (χ0v) is 21.4. The van der Waals surface area contributed by atoms with Crippen molar-refractivity contribution in [2.24, 2.45) is 0 Å². The summed E-state index contributed by atoms with van der Waals surface area (Å²) in [5.74, 6) is -0.159. The molecule has 7 nitrogen and oxygen atoms in total. The fourth-order valence-electron chi connectivity index (χ4n) is 4.40. The van der Waals surface area contributed by atoms with Crippen molar-refractivity contribution >= 4 is 47.9 Å². The van der Waals surface area contributed by atoms with Gasteiger partial charge in [0.15, 0.2) is 6.10 Å². The highest BCUT2D eigenvalue weighted by atomic mass is 32.2. The molecule has 1 aromatic heterocycles. The van der Waals surface area contributed by atoms with Crippen molar-refractivity contribution in [3.8, 4) is 0 Å². The number of carbonyl (C=O) groups excluding carboxylic acids is 3. The smallest absolute Gasteiger partial charge is 0.326 e. The van der Waals surface area contributed by atoms with Crippen molar-refractivity contribution in [1.29, 1.82) is 0 Å². The van der Waals surface area contributed by atoms with Gasteiger partial charge in [-0.05, 0) is 34.2 Å². The summed E-state index contributed by atoms with van der Waals surface area (Å²) in [5, 5.41) is 4.26. The van der Waals surface area contributed by atoms with E-state index < -0.39 is 22.9 Å². The van der Waals surface area contributed by atoms with Crippen LogP contribution in [0.5, 0.6) is 0 Å². The Balaban J connectivity index is 1.43. The van der Waals surface area contributed by atoms with Crippen molar-refractivity contribution in [2.75, 3.05) is 12.3 Å². The molecule has 2 amide bonds. The van der Waals surface area contributed by atoms with E-state index in [0.29, 0.717) is 12.2 Å². The van der Waals surface area contributed by atoms with Crippen LogP contribution in [0.1, 0.15) is 22.8 Å². The zero-order chi connectivity index (χ0) is 25.7. The summed E-state index contributed by atoms with van der Waals surface area (Å²) in [5.41, 5.74) is 2.64. The summed E-state index contributed by atoms with van der Waals surface area (Å²) >= 11 is 2.83. The molecule has 3 aromatic rings. The molecule has 1 N–H and O–H groups in total. The van der Waals surface area contributed by atoms with Gasteiger partial charge in [-0.15, -0.1) is 23.5 Å². The second kappa shape index (κ2) is 11.2. The Bertz CT molecular complexity index is 1240. The van der Waals surface area contributed by atoms with Crippen LogP contribution < -0.4 is 5.32 Å². The van der Waals surface area contributed by atoms with Crippen LogP contribution in [-0.2, 0) is 19.1 Å². The fraction of sp³-hybridized carbons (Fsp3) is 0.214. The van der Waals surface area contributed by atoms with Gasteiger partial charge in [-0.2, -0.15) is 0 Å². The second-order valence-corrected chi connectivity index (χ2v) is 11.1. The topological polar surface area (TPSA) is 88.6 Å². The largest absolute Gasteiger partial charge is 0.451 e. The Morgan fingerprint density at radius 1 is 1.11 bits per heavy atom. The zero-order valence-electron chi connectivity index (χ0n) is 19.8. The van der Waals surface area contributed by atoms with Crippen LogP contribution in [0.15, 0.2) is 90.6 Å². The molecule has 2 unspecified atom stereocenters. The number of aromatic nitrogens is 1. The molecule has 2 aliphatic heterocycles. The van der Waals surface area contributed by atoms with Crippen molar-refractivity contribution in [3.05, 3.63) is 107 Å². The lowest BCUT2D eigenvalue weighted by molar-refractivity contribution is -0.155. The Hall–Kier alpha value is -3.56. The van der Waals surface area contributed by atoms with Crippen molar-refractivity contribution < 1.29 is 19.1 Å². The normalized spacial score (nSPS) is 22.8. The van der Waals surface area contributed by atoms with E-state index >= 15 is 0 Å². The van der Waals surface area contributed by atoms with E-state index in [1.807, 2.05) is 84.3 Å². The highest BCUT2D eigenvalue weighted by Gasteiger charge is 2.58. The van der Waals surface area contributed by atoms with E-state index in [0.717, 1.165) is 16.7 Å². The van der Waals surface area contributed by atoms with Crippen LogP contribution >= 0.6 is 23.5 Å². The molecule has 0 bridgehead atoms. The molecular formula is C28H25N3O4S2. The molecule has 3 heterocycles. The third kappa shape index (κ3) is 5.28. The molecule has 2 fully saturated rings. The Morgan fingerprint density at radius 3 is 2.43 bits per heavy atom. The minimum atomic E-state index is -1.02. The van der Waals surface area contributed by atoms with E-state index in [1.165, 1.54) is 23.5 Å². The summed E-state index contributed by atoms with van der Waals surface area (Å²) in [6.45, 7) is 0.192. The van der Waals surface area contributed by atoms with Gasteiger partial charge in [-0.3, -0.25) is 19.4 Å². The number of nitrogens with zero attached hydrogens (tertiary/aromatic N) is 2. The molecule has 2 aliphatic rings. The standard InChI is InChI=1S/C28H25N3O4S2/c32-19-30-23-25(33)31-17-28(18-36-26(23)31,37-15-13-20-8-7-14-29-16-20)27(34)35-24(21-9-3-1-4-10-21)22-11-5-2-6-12-22/h1-16,19,23-24,26H,17-18H2,(H,30,32)/t23?,26-,28?/m1/s1. The predicted molar refractivity (Wildman–Crippen MR) is 145 cm³/mol. The predicted octanol–water partition coefficient (Wildman–Crippen LogP) is 3.89. The van der Waals surface area contributed by atoms with Gasteiger partial charge in [-0.1, -0.05) is 66.7 Å². The van der Waals surface area contributed by atoms with Gasteiger partial charge < -0.3 is 15.0 Å². The number of benzene rings is 2. The summed E-state index contributed by atoms with van der Waals surface area (Å²) in [4.78, 5) is 43.5. The number of fused-ring (bicyclic) bond motifs is 1. The molecule has 0 saturated carbocycles. The third-order valence-corrected chi connectivity index (χ3v) is 9.22. The van der Waals surface area contributed by atoms with E-state index in [4.69, 9.17) is 4.74 Å². The molecule has 188 valence electrons. The molecular weight excluding hydrogens is 506 g/mol. The molecule has 3 atom stereocenters. The quantitative estimate of drug-likeness (QED) is 0.255. The van der Waals surface area contributed by atoms with Crippen LogP contribution in [-0.4, -0.2) is 56.6 Å². The number of nitrogens with one attached hydrogen (secondary N) is 1. The first-order chi connectivity index (χ1) is 18.1. The molecule has 37 heavy (non-hydrogen) atoms. The first-order valence-electron chi connectivity index (χ1n) is 11.8. The number of rotatable bonds is 9. The number of thioether (sulfide) groups is 2. The van der Waals surface area contributed by atoms with E-state index in [-0.39, 0.29) is 17.8 Å². The van der Waals surface area contributed by atoms with E-state index in [9.17, 15) is 14.4 Å². The van der Waals surface area contributed by atoms with Crippen LogP contribution in [0.4, 0.5) is 0 Å². The number of ether oxygens (including phenoxy) is 1. The van der Waals surface area contributed by atoms with Gasteiger partial charge >= 0.3 is 5.97 Å². The summed E-state index contributed by atoms with van der Waals surface area (Å²) in [7, 11) is 0. The lowest BCUT2D eigenvalue weighted by atomic mass is 10.00. The number of hydrogen-bond acceptors (Lipinski definition) is 7. The molecule has 0 radical (unpaired) electrons. The molecule has 9 heteroatoms. The second-order valence-electron chi connectivity index (χ2n) is 8.74. The number of hydrogen-bond donors (Lipinski definition) is 1. The van der Waals surface area contributed by atoms with Crippen LogP contribution in [0.2, 0.25) is 0 Å². The van der Waals surface area contributed by atoms with E-state index in [2.05, 4.69) is 10.3 Å². The highest BCUT2D eigenvalue weighted by molar-refractivity contribution is 8.06. The van der Waals surface area contributed by atoms with Crippen molar-refractivity contribution in [3.63, 3.8) is 0 Å². The van der Waals surface area contributed by atoms with Crippen LogP contribution in [0.25, 0.3) is 6.08 Å². The van der Waals surface area contributed by atoms with Gasteiger partial charge in [0.05, 0.1) is 0 Å². The maximum absolute atomic E-state index is 14.0. The maximum Gasteiger partial charge on any atom is 0.326 e. The molecule has 2 saturated heterocycles. The first-order valence-corrected chi connectivity index (χ1v) is 13.7. The Labute approximate surface area is 223 Å². The van der Waals surface area contributed by atoms with Gasteiger partial charge in [0.25, 0.3) is 0 Å². The van der Waals surface area contributed by atoms with E-state index in [1.54, 1.807) is 17.3 Å². The van der Waals surface area contributed by atoms with Gasteiger partial charge in [0, 0.05) is 24.7 Å². The van der Waals surface area contributed by atoms with Gasteiger partial charge in [0.1, 0.15) is 16.2 Å². The number of amides is 2. The lowest BCUT2D eigenvalue weighted by Crippen LogP contribution is -2.74. The van der Waals surface area contributed by atoms with Crippen molar-refractivity contribution in [2.45, 2.75) is 22.3 Å². The highest BCUT2D eigenvalue weighted by Crippen LogP contribution is 2.46. The summed E-state index contributed by atoms with van der Waals surface area (Å²) in [6.07, 6.45) is 5.29. The van der Waals surface area contributed by atoms with Crippen LogP contribution in [0, 0.1) is 0 Å². The molecule has 0 aliphatic carbocycles. The molecule has 5 rings (SSSR count). The van der Waals surface area contributed by atoms with Crippen LogP contribution in [0.3, 0.4) is 0 Å².